The van der Waals surface area contributed by atoms with E-state index in [9.17, 15) is 0 Å². The molecule has 2 rings (SSSR count). The zero-order valence-electron chi connectivity index (χ0n) is 10.3. The van der Waals surface area contributed by atoms with Crippen molar-refractivity contribution in [2.75, 3.05) is 18.6 Å². The van der Waals surface area contributed by atoms with E-state index in [2.05, 4.69) is 17.1 Å². The van der Waals surface area contributed by atoms with Gasteiger partial charge in [-0.25, -0.2) is 0 Å². The number of nitrogen functional groups attached to an aromatic ring is 1. The average Bonchev–Trinajstić information content (AvgIpc) is 2.84. The number of thioether (sulfide) groups is 1. The highest BCUT2D eigenvalue weighted by Gasteiger charge is 2.13. The Kier molecular flexibility index (Phi) is 4.09. The summed E-state index contributed by atoms with van der Waals surface area (Å²) in [6, 6.07) is 5.33. The van der Waals surface area contributed by atoms with E-state index in [1.165, 1.54) is 0 Å². The van der Waals surface area contributed by atoms with Gasteiger partial charge in [0, 0.05) is 11.8 Å². The van der Waals surface area contributed by atoms with E-state index in [1.54, 1.807) is 31.0 Å². The first-order valence-electron chi connectivity index (χ1n) is 5.58. The van der Waals surface area contributed by atoms with Crippen molar-refractivity contribution in [1.29, 1.82) is 0 Å². The van der Waals surface area contributed by atoms with Crippen molar-refractivity contribution in [2.24, 2.45) is 0 Å². The molecule has 1 aromatic heterocycles. The number of nitrogens with zero attached hydrogens (tertiary/aromatic N) is 2. The van der Waals surface area contributed by atoms with E-state index in [0.29, 0.717) is 23.2 Å². The van der Waals surface area contributed by atoms with Crippen LogP contribution in [0.2, 0.25) is 0 Å². The molecule has 0 saturated heterocycles. The third kappa shape index (κ3) is 2.76. The predicted molar refractivity (Wildman–Crippen MR) is 72.5 cm³/mol. The minimum Gasteiger partial charge on any atom is -0.496 e. The zero-order valence-corrected chi connectivity index (χ0v) is 11.2. The number of benzene rings is 1. The largest absolute Gasteiger partial charge is 0.496 e. The van der Waals surface area contributed by atoms with E-state index < -0.39 is 0 Å². The van der Waals surface area contributed by atoms with Crippen molar-refractivity contribution in [3.05, 3.63) is 24.0 Å². The van der Waals surface area contributed by atoms with Crippen LogP contribution in [0.4, 0.5) is 5.69 Å². The van der Waals surface area contributed by atoms with Crippen LogP contribution in [-0.2, 0) is 5.75 Å². The number of methoxy groups -OCH3 is 1. The predicted octanol–water partition coefficient (Wildman–Crippen LogP) is 2.58. The van der Waals surface area contributed by atoms with Gasteiger partial charge in [0.15, 0.2) is 5.82 Å². The van der Waals surface area contributed by atoms with Gasteiger partial charge in [-0.1, -0.05) is 12.1 Å². The van der Waals surface area contributed by atoms with Crippen LogP contribution in [0.5, 0.6) is 5.75 Å². The van der Waals surface area contributed by atoms with Gasteiger partial charge in [-0.15, -0.1) is 0 Å². The van der Waals surface area contributed by atoms with Crippen LogP contribution in [0.3, 0.4) is 0 Å². The highest BCUT2D eigenvalue weighted by atomic mass is 32.2. The zero-order chi connectivity index (χ0) is 13.0. The summed E-state index contributed by atoms with van der Waals surface area (Å²) in [7, 11) is 1.59. The molecule has 0 aliphatic rings. The Hall–Kier alpha value is -1.69. The molecule has 0 radical (unpaired) electrons. The molecular weight excluding hydrogens is 250 g/mol. The molecule has 0 saturated carbocycles. The number of aromatic nitrogens is 2. The Morgan fingerprint density at radius 1 is 1.44 bits per heavy atom. The van der Waals surface area contributed by atoms with Crippen molar-refractivity contribution < 1.29 is 9.26 Å². The van der Waals surface area contributed by atoms with Crippen LogP contribution >= 0.6 is 11.8 Å². The second-order valence-electron chi connectivity index (χ2n) is 3.61. The number of rotatable bonds is 5. The normalized spacial score (nSPS) is 10.6. The topological polar surface area (TPSA) is 74.2 Å². The Bertz CT molecular complexity index is 528. The van der Waals surface area contributed by atoms with Crippen LogP contribution in [-0.4, -0.2) is 23.0 Å². The van der Waals surface area contributed by atoms with Crippen molar-refractivity contribution in [1.82, 2.24) is 10.1 Å². The fourth-order valence-electron chi connectivity index (χ4n) is 1.50. The van der Waals surface area contributed by atoms with Gasteiger partial charge in [-0.3, -0.25) is 0 Å². The summed E-state index contributed by atoms with van der Waals surface area (Å²) in [5.41, 5.74) is 7.09. The molecule has 1 aromatic carbocycles. The minimum atomic E-state index is 0.457. The molecule has 0 unspecified atom stereocenters. The molecule has 0 aliphatic heterocycles. The monoisotopic (exact) mass is 265 g/mol. The lowest BCUT2D eigenvalue weighted by Gasteiger charge is -2.05. The van der Waals surface area contributed by atoms with Crippen molar-refractivity contribution in [3.8, 4) is 17.2 Å². The van der Waals surface area contributed by atoms with E-state index in [-0.39, 0.29) is 0 Å². The number of nitrogens with two attached hydrogens (primary N) is 1. The molecule has 0 atom stereocenters. The fraction of sp³-hybridized carbons (Fsp3) is 0.333. The van der Waals surface area contributed by atoms with Crippen LogP contribution in [0.25, 0.3) is 11.5 Å². The Labute approximate surface area is 110 Å². The van der Waals surface area contributed by atoms with E-state index in [4.69, 9.17) is 15.0 Å². The second kappa shape index (κ2) is 5.77. The van der Waals surface area contributed by atoms with E-state index >= 15 is 0 Å². The van der Waals surface area contributed by atoms with Crippen molar-refractivity contribution in [2.45, 2.75) is 12.7 Å². The lowest BCUT2D eigenvalue weighted by Crippen LogP contribution is -1.91. The molecule has 18 heavy (non-hydrogen) atoms. The first-order chi connectivity index (χ1) is 8.74. The van der Waals surface area contributed by atoms with Gasteiger partial charge < -0.3 is 15.0 Å². The summed E-state index contributed by atoms with van der Waals surface area (Å²) in [6.45, 7) is 2.09. The third-order valence-electron chi connectivity index (χ3n) is 2.36. The first-order valence-corrected chi connectivity index (χ1v) is 6.74. The van der Waals surface area contributed by atoms with Crippen LogP contribution in [0.15, 0.2) is 22.7 Å². The lowest BCUT2D eigenvalue weighted by atomic mass is 10.2. The molecule has 0 amide bonds. The van der Waals surface area contributed by atoms with Crippen LogP contribution in [0, 0.1) is 0 Å². The van der Waals surface area contributed by atoms with Crippen LogP contribution in [0.1, 0.15) is 12.7 Å². The second-order valence-corrected chi connectivity index (χ2v) is 4.89. The highest BCUT2D eigenvalue weighted by molar-refractivity contribution is 7.98. The number of hydrogen-bond acceptors (Lipinski definition) is 6. The molecule has 6 heteroatoms. The summed E-state index contributed by atoms with van der Waals surface area (Å²) in [4.78, 5) is 4.34. The highest BCUT2D eigenvalue weighted by Crippen LogP contribution is 2.30. The molecular formula is C12H15N3O2S. The van der Waals surface area contributed by atoms with Gasteiger partial charge in [0.05, 0.1) is 18.4 Å². The first kappa shape index (κ1) is 12.8. The Morgan fingerprint density at radius 2 is 2.28 bits per heavy atom. The van der Waals surface area contributed by atoms with Crippen molar-refractivity contribution in [3.63, 3.8) is 0 Å². The molecule has 0 fully saturated rings. The summed E-state index contributed by atoms with van der Waals surface area (Å²) in [6.07, 6.45) is 0. The standard InChI is InChI=1S/C12H15N3O2S/c1-3-18-7-11-14-12(17-15-11)9-5-4-8(13)6-10(9)16-2/h4-6H,3,7,13H2,1-2H3. The maximum Gasteiger partial charge on any atom is 0.261 e. The molecule has 1 heterocycles. The van der Waals surface area contributed by atoms with Gasteiger partial charge in [-0.2, -0.15) is 16.7 Å². The Balaban J connectivity index is 2.28. The number of hydrogen-bond donors (Lipinski definition) is 1. The fourth-order valence-corrected chi connectivity index (χ4v) is 2.00. The molecule has 96 valence electrons. The van der Waals surface area contributed by atoms with Gasteiger partial charge >= 0.3 is 0 Å². The molecule has 0 bridgehead atoms. The smallest absolute Gasteiger partial charge is 0.261 e. The van der Waals surface area contributed by atoms with E-state index in [1.807, 2.05) is 6.07 Å². The average molecular weight is 265 g/mol. The molecule has 2 N–H and O–H groups in total. The Morgan fingerprint density at radius 3 is 3.00 bits per heavy atom. The van der Waals surface area contributed by atoms with E-state index in [0.717, 1.165) is 17.1 Å². The lowest BCUT2D eigenvalue weighted by molar-refractivity contribution is 0.404. The number of anilines is 1. The molecule has 5 nitrogen and oxygen atoms in total. The third-order valence-corrected chi connectivity index (χ3v) is 3.23. The molecule has 2 aromatic rings. The summed E-state index contributed by atoms with van der Waals surface area (Å²) < 4.78 is 10.5. The van der Waals surface area contributed by atoms with Gasteiger partial charge in [0.25, 0.3) is 5.89 Å². The quantitative estimate of drug-likeness (QED) is 0.837. The van der Waals surface area contributed by atoms with Gasteiger partial charge in [0.1, 0.15) is 5.75 Å². The summed E-state index contributed by atoms with van der Waals surface area (Å²) in [5, 5.41) is 3.93. The minimum absolute atomic E-state index is 0.457. The summed E-state index contributed by atoms with van der Waals surface area (Å²) in [5.74, 6) is 3.55. The maximum atomic E-state index is 5.70. The van der Waals surface area contributed by atoms with Crippen LogP contribution < -0.4 is 10.5 Å². The van der Waals surface area contributed by atoms with Crippen molar-refractivity contribution >= 4 is 17.4 Å². The SMILES string of the molecule is CCSCc1noc(-c2ccc(N)cc2OC)n1. The number of ether oxygens (including phenoxy) is 1. The van der Waals surface area contributed by atoms with Gasteiger partial charge in [-0.05, 0) is 17.9 Å². The maximum absolute atomic E-state index is 5.70. The molecule has 0 aliphatic carbocycles. The van der Waals surface area contributed by atoms with Gasteiger partial charge in [0.2, 0.25) is 0 Å². The summed E-state index contributed by atoms with van der Waals surface area (Å²) >= 11 is 1.75. The molecule has 0 spiro atoms.